The SMILES string of the molecule is CC(C)CCN1CCN(C(=O)c2ccc3[nH]c(=O)c4c(c3c2)CCSC4)CC1.Cl. The van der Waals surface area contributed by atoms with Crippen molar-refractivity contribution in [1.82, 2.24) is 14.8 Å². The number of thioether (sulfide) groups is 1. The molecule has 0 spiro atoms. The number of pyridine rings is 1. The van der Waals surface area contributed by atoms with Gasteiger partial charge in [0, 0.05) is 54.0 Å². The first-order valence-electron chi connectivity index (χ1n) is 10.3. The van der Waals surface area contributed by atoms with E-state index in [0.29, 0.717) is 5.92 Å². The van der Waals surface area contributed by atoms with Gasteiger partial charge < -0.3 is 9.88 Å². The summed E-state index contributed by atoms with van der Waals surface area (Å²) in [4.78, 5) is 32.8. The van der Waals surface area contributed by atoms with Crippen LogP contribution in [0.2, 0.25) is 0 Å². The van der Waals surface area contributed by atoms with Crippen molar-refractivity contribution in [2.24, 2.45) is 5.92 Å². The van der Waals surface area contributed by atoms with E-state index < -0.39 is 0 Å². The molecule has 3 heterocycles. The Balaban J connectivity index is 0.00000240. The Kier molecular flexibility index (Phi) is 7.30. The summed E-state index contributed by atoms with van der Waals surface area (Å²) in [6.45, 7) is 9.10. The van der Waals surface area contributed by atoms with Crippen molar-refractivity contribution in [2.75, 3.05) is 38.5 Å². The molecule has 0 bridgehead atoms. The molecule has 7 heteroatoms. The number of benzene rings is 1. The van der Waals surface area contributed by atoms with Crippen molar-refractivity contribution >= 4 is 41.0 Å². The van der Waals surface area contributed by atoms with Crippen LogP contribution in [-0.4, -0.2) is 59.2 Å². The maximum absolute atomic E-state index is 13.1. The molecule has 2 aliphatic heterocycles. The van der Waals surface area contributed by atoms with Crippen LogP contribution in [0.4, 0.5) is 0 Å². The van der Waals surface area contributed by atoms with Gasteiger partial charge in [-0.2, -0.15) is 11.8 Å². The zero-order valence-corrected chi connectivity index (χ0v) is 18.8. The molecule has 2 aromatic rings. The molecular weight excluding hydrogens is 406 g/mol. The zero-order valence-electron chi connectivity index (χ0n) is 17.2. The molecule has 1 aromatic carbocycles. The van der Waals surface area contributed by atoms with Crippen LogP contribution in [-0.2, 0) is 12.2 Å². The number of hydrogen-bond donors (Lipinski definition) is 1. The number of aromatic amines is 1. The highest BCUT2D eigenvalue weighted by Gasteiger charge is 2.23. The number of nitrogens with zero attached hydrogens (tertiary/aromatic N) is 2. The Labute approximate surface area is 182 Å². The van der Waals surface area contributed by atoms with Crippen LogP contribution >= 0.6 is 24.2 Å². The lowest BCUT2D eigenvalue weighted by Gasteiger charge is -2.35. The van der Waals surface area contributed by atoms with E-state index in [4.69, 9.17) is 0 Å². The molecule has 0 saturated carbocycles. The number of fused-ring (bicyclic) bond motifs is 3. The van der Waals surface area contributed by atoms with Gasteiger partial charge >= 0.3 is 0 Å². The van der Waals surface area contributed by atoms with E-state index in [9.17, 15) is 9.59 Å². The first-order valence-corrected chi connectivity index (χ1v) is 11.5. The molecular formula is C22H30ClN3O2S. The molecule has 158 valence electrons. The number of rotatable bonds is 4. The highest BCUT2D eigenvalue weighted by atomic mass is 35.5. The quantitative estimate of drug-likeness (QED) is 0.797. The Bertz CT molecular complexity index is 936. The molecule has 1 saturated heterocycles. The summed E-state index contributed by atoms with van der Waals surface area (Å²) in [7, 11) is 0. The van der Waals surface area contributed by atoms with Gasteiger partial charge in [0.15, 0.2) is 0 Å². The molecule has 1 aromatic heterocycles. The van der Waals surface area contributed by atoms with Crippen LogP contribution in [0, 0.1) is 5.92 Å². The van der Waals surface area contributed by atoms with Crippen LogP contribution < -0.4 is 5.56 Å². The lowest BCUT2D eigenvalue weighted by Crippen LogP contribution is -2.49. The number of amides is 1. The first kappa shape index (κ1) is 22.2. The summed E-state index contributed by atoms with van der Waals surface area (Å²) < 4.78 is 0. The lowest BCUT2D eigenvalue weighted by molar-refractivity contribution is 0.0632. The fraction of sp³-hybridized carbons (Fsp3) is 0.545. The number of hydrogen-bond acceptors (Lipinski definition) is 4. The average molecular weight is 436 g/mol. The van der Waals surface area contributed by atoms with Crippen molar-refractivity contribution in [3.63, 3.8) is 0 Å². The van der Waals surface area contributed by atoms with Crippen molar-refractivity contribution in [3.05, 3.63) is 45.2 Å². The minimum Gasteiger partial charge on any atom is -0.336 e. The molecule has 0 radical (unpaired) electrons. The molecule has 2 aliphatic rings. The second-order valence-corrected chi connectivity index (χ2v) is 9.40. The maximum atomic E-state index is 13.1. The highest BCUT2D eigenvalue weighted by molar-refractivity contribution is 7.98. The number of H-pyrrole nitrogens is 1. The second-order valence-electron chi connectivity index (χ2n) is 8.29. The summed E-state index contributed by atoms with van der Waals surface area (Å²) >= 11 is 1.80. The summed E-state index contributed by atoms with van der Waals surface area (Å²) in [5.41, 5.74) is 3.60. The number of carbonyl (C=O) groups excluding carboxylic acids is 1. The van der Waals surface area contributed by atoms with Gasteiger partial charge in [-0.25, -0.2) is 0 Å². The van der Waals surface area contributed by atoms with E-state index in [-0.39, 0.29) is 23.9 Å². The summed E-state index contributed by atoms with van der Waals surface area (Å²) in [5, 5.41) is 1.04. The Morgan fingerprint density at radius 2 is 1.93 bits per heavy atom. The molecule has 1 N–H and O–H groups in total. The van der Waals surface area contributed by atoms with Crippen LogP contribution in [0.25, 0.3) is 10.9 Å². The average Bonchev–Trinajstić information content (AvgIpc) is 2.72. The first-order chi connectivity index (χ1) is 13.5. The van der Waals surface area contributed by atoms with Gasteiger partial charge in [-0.1, -0.05) is 13.8 Å². The fourth-order valence-corrected chi connectivity index (χ4v) is 5.12. The number of carbonyl (C=O) groups is 1. The van der Waals surface area contributed by atoms with Gasteiger partial charge in [0.05, 0.1) is 0 Å². The largest absolute Gasteiger partial charge is 0.336 e. The van der Waals surface area contributed by atoms with Crippen molar-refractivity contribution in [3.8, 4) is 0 Å². The van der Waals surface area contributed by atoms with Crippen LogP contribution in [0.5, 0.6) is 0 Å². The molecule has 1 fully saturated rings. The van der Waals surface area contributed by atoms with Gasteiger partial charge in [-0.05, 0) is 54.8 Å². The smallest absolute Gasteiger partial charge is 0.253 e. The number of halogens is 1. The second kappa shape index (κ2) is 9.54. The molecule has 5 nitrogen and oxygen atoms in total. The van der Waals surface area contributed by atoms with Crippen LogP contribution in [0.1, 0.15) is 41.8 Å². The highest BCUT2D eigenvalue weighted by Crippen LogP contribution is 2.28. The number of piperazine rings is 1. The van der Waals surface area contributed by atoms with E-state index in [1.807, 2.05) is 23.1 Å². The molecule has 0 aliphatic carbocycles. The van der Waals surface area contributed by atoms with Crippen molar-refractivity contribution in [1.29, 1.82) is 0 Å². The molecule has 0 atom stereocenters. The molecule has 1 amide bonds. The normalized spacial score (nSPS) is 17.3. The van der Waals surface area contributed by atoms with Gasteiger partial charge in [0.2, 0.25) is 0 Å². The standard InChI is InChI=1S/C22H29N3O2S.ClH/c1-15(2)5-7-24-8-10-25(11-9-24)22(27)16-3-4-20-18(13-16)17-6-12-28-14-19(17)21(26)23-20;/h3-4,13,15H,5-12,14H2,1-2H3,(H,23,26);1H. The molecule has 29 heavy (non-hydrogen) atoms. The van der Waals surface area contributed by atoms with Gasteiger partial charge in [-0.15, -0.1) is 12.4 Å². The zero-order chi connectivity index (χ0) is 19.7. The summed E-state index contributed by atoms with van der Waals surface area (Å²) in [6, 6.07) is 5.74. The molecule has 0 unspecified atom stereocenters. The predicted octanol–water partition coefficient (Wildman–Crippen LogP) is 3.54. The molecule has 4 rings (SSSR count). The minimum absolute atomic E-state index is 0. The van der Waals surface area contributed by atoms with E-state index in [1.54, 1.807) is 11.8 Å². The predicted molar refractivity (Wildman–Crippen MR) is 123 cm³/mol. The van der Waals surface area contributed by atoms with E-state index in [1.165, 1.54) is 6.42 Å². The van der Waals surface area contributed by atoms with Gasteiger partial charge in [-0.3, -0.25) is 14.5 Å². The lowest BCUT2D eigenvalue weighted by atomic mass is 9.99. The Morgan fingerprint density at radius 3 is 2.66 bits per heavy atom. The maximum Gasteiger partial charge on any atom is 0.253 e. The van der Waals surface area contributed by atoms with Crippen molar-refractivity contribution < 1.29 is 4.79 Å². The Morgan fingerprint density at radius 1 is 1.17 bits per heavy atom. The van der Waals surface area contributed by atoms with Crippen LogP contribution in [0.15, 0.2) is 23.0 Å². The third-order valence-corrected chi connectivity index (χ3v) is 6.89. The number of aryl methyl sites for hydroxylation is 1. The minimum atomic E-state index is 0. The van der Waals surface area contributed by atoms with Crippen LogP contribution in [0.3, 0.4) is 0 Å². The number of nitrogens with one attached hydrogen (secondary N) is 1. The van der Waals surface area contributed by atoms with E-state index in [0.717, 1.165) is 78.2 Å². The van der Waals surface area contributed by atoms with E-state index in [2.05, 4.69) is 23.7 Å². The third kappa shape index (κ3) is 4.81. The van der Waals surface area contributed by atoms with E-state index >= 15 is 0 Å². The van der Waals surface area contributed by atoms with Gasteiger partial charge in [0.1, 0.15) is 0 Å². The summed E-state index contributed by atoms with van der Waals surface area (Å²) in [5.74, 6) is 2.61. The Hall–Kier alpha value is -1.50. The topological polar surface area (TPSA) is 56.4 Å². The fourth-order valence-electron chi connectivity index (χ4n) is 4.12. The van der Waals surface area contributed by atoms with Crippen molar-refractivity contribution in [2.45, 2.75) is 32.4 Å². The summed E-state index contributed by atoms with van der Waals surface area (Å²) in [6.07, 6.45) is 2.10. The third-order valence-electron chi connectivity index (χ3n) is 5.90. The monoisotopic (exact) mass is 435 g/mol. The van der Waals surface area contributed by atoms with Gasteiger partial charge in [0.25, 0.3) is 11.5 Å². The number of aromatic nitrogens is 1.